The molecule has 1 aromatic rings. The van der Waals surface area contributed by atoms with Crippen LogP contribution in [0.5, 0.6) is 0 Å². The molecule has 1 aliphatic rings. The van der Waals surface area contributed by atoms with E-state index in [9.17, 15) is 0 Å². The topological polar surface area (TPSA) is 37.8 Å². The van der Waals surface area contributed by atoms with Gasteiger partial charge in [0, 0.05) is 6.04 Å². The third-order valence-corrected chi connectivity index (χ3v) is 5.05. The van der Waals surface area contributed by atoms with Crippen LogP contribution in [0.25, 0.3) is 0 Å². The second-order valence-electron chi connectivity index (χ2n) is 5.78. The maximum Gasteiger partial charge on any atom is 0.205 e. The fourth-order valence-corrected chi connectivity index (χ4v) is 3.24. The van der Waals surface area contributed by atoms with Crippen LogP contribution in [0.1, 0.15) is 52.9 Å². The Morgan fingerprint density at radius 3 is 2.59 bits per heavy atom. The lowest BCUT2D eigenvalue weighted by Crippen LogP contribution is -2.32. The number of nitrogens with one attached hydrogen (secondary N) is 1. The summed E-state index contributed by atoms with van der Waals surface area (Å²) >= 11 is 1.59. The summed E-state index contributed by atoms with van der Waals surface area (Å²) in [6, 6.07) is 0.604. The molecule has 0 unspecified atom stereocenters. The number of aromatic nitrogens is 2. The minimum absolute atomic E-state index is 0.508. The molecule has 96 valence electrons. The molecule has 3 nitrogen and oxygen atoms in total. The highest BCUT2D eigenvalue weighted by Crippen LogP contribution is 2.40. The summed E-state index contributed by atoms with van der Waals surface area (Å²) in [4.78, 5) is 0. The maximum absolute atomic E-state index is 4.05. The number of anilines is 1. The number of hydrogen-bond donors (Lipinski definition) is 1. The van der Waals surface area contributed by atoms with Gasteiger partial charge in [-0.25, -0.2) is 0 Å². The predicted molar refractivity (Wildman–Crippen MR) is 73.3 cm³/mol. The van der Waals surface area contributed by atoms with Crippen molar-refractivity contribution in [3.8, 4) is 0 Å². The second kappa shape index (κ2) is 5.34. The molecule has 4 heteroatoms. The molecule has 17 heavy (non-hydrogen) atoms. The van der Waals surface area contributed by atoms with Crippen LogP contribution in [-0.4, -0.2) is 16.2 Å². The standard InChI is InChI=1S/C13H23N3S/c1-4-13(2,3)10-5-7-11(8-6-10)15-12-16-14-9-17-12/h9-11H,4-8H2,1-3H3,(H,15,16). The minimum atomic E-state index is 0.508. The van der Waals surface area contributed by atoms with Crippen LogP contribution in [0.15, 0.2) is 5.51 Å². The molecule has 0 spiro atoms. The number of hydrogen-bond acceptors (Lipinski definition) is 4. The van der Waals surface area contributed by atoms with Crippen LogP contribution in [0.4, 0.5) is 5.13 Å². The minimum Gasteiger partial charge on any atom is -0.357 e. The number of rotatable bonds is 4. The first kappa shape index (κ1) is 12.8. The van der Waals surface area contributed by atoms with Gasteiger partial charge < -0.3 is 5.32 Å². The van der Waals surface area contributed by atoms with Crippen molar-refractivity contribution in [2.45, 2.75) is 58.9 Å². The third-order valence-electron chi connectivity index (χ3n) is 4.43. The monoisotopic (exact) mass is 253 g/mol. The van der Waals surface area contributed by atoms with Gasteiger partial charge in [0.15, 0.2) is 0 Å². The fraction of sp³-hybridized carbons (Fsp3) is 0.846. The molecule has 1 N–H and O–H groups in total. The van der Waals surface area contributed by atoms with Gasteiger partial charge in [-0.2, -0.15) is 0 Å². The summed E-state index contributed by atoms with van der Waals surface area (Å²) in [5.74, 6) is 0.889. The van der Waals surface area contributed by atoms with Crippen LogP contribution in [0, 0.1) is 11.3 Å². The predicted octanol–water partition coefficient (Wildman–Crippen LogP) is 3.95. The van der Waals surface area contributed by atoms with Crippen LogP contribution in [0.2, 0.25) is 0 Å². The van der Waals surface area contributed by atoms with Gasteiger partial charge in [0.2, 0.25) is 5.13 Å². The van der Waals surface area contributed by atoms with Gasteiger partial charge in [0.25, 0.3) is 0 Å². The van der Waals surface area contributed by atoms with E-state index in [1.54, 1.807) is 16.8 Å². The van der Waals surface area contributed by atoms with E-state index in [1.807, 2.05) is 0 Å². The van der Waals surface area contributed by atoms with Gasteiger partial charge in [-0.05, 0) is 37.0 Å². The molecule has 2 rings (SSSR count). The first-order chi connectivity index (χ1) is 8.12. The van der Waals surface area contributed by atoms with Crippen molar-refractivity contribution in [1.29, 1.82) is 0 Å². The SMILES string of the molecule is CCC(C)(C)C1CCC(Nc2nncs2)CC1. The van der Waals surface area contributed by atoms with E-state index in [2.05, 4.69) is 36.3 Å². The van der Waals surface area contributed by atoms with Crippen LogP contribution < -0.4 is 5.32 Å². The van der Waals surface area contributed by atoms with Crippen molar-refractivity contribution in [2.24, 2.45) is 11.3 Å². The van der Waals surface area contributed by atoms with Crippen molar-refractivity contribution in [1.82, 2.24) is 10.2 Å². The molecule has 0 amide bonds. The molecule has 0 atom stereocenters. The lowest BCUT2D eigenvalue weighted by atomic mass is 9.69. The van der Waals surface area contributed by atoms with E-state index in [1.165, 1.54) is 32.1 Å². The van der Waals surface area contributed by atoms with Crippen molar-refractivity contribution in [3.05, 3.63) is 5.51 Å². The highest BCUT2D eigenvalue weighted by atomic mass is 32.1. The summed E-state index contributed by atoms with van der Waals surface area (Å²) in [7, 11) is 0. The Balaban J connectivity index is 1.82. The Morgan fingerprint density at radius 1 is 1.35 bits per heavy atom. The highest BCUT2D eigenvalue weighted by Gasteiger charge is 2.31. The number of nitrogens with zero attached hydrogens (tertiary/aromatic N) is 2. The molecule has 0 saturated heterocycles. The highest BCUT2D eigenvalue weighted by molar-refractivity contribution is 7.13. The average Bonchev–Trinajstić information content (AvgIpc) is 2.83. The zero-order valence-corrected chi connectivity index (χ0v) is 11.9. The molecule has 0 aliphatic heterocycles. The fourth-order valence-electron chi connectivity index (χ4n) is 2.72. The third kappa shape index (κ3) is 3.18. The zero-order chi connectivity index (χ0) is 12.3. The van der Waals surface area contributed by atoms with Crippen molar-refractivity contribution >= 4 is 16.5 Å². The van der Waals surface area contributed by atoms with Crippen LogP contribution in [-0.2, 0) is 0 Å². The van der Waals surface area contributed by atoms with E-state index in [0.29, 0.717) is 11.5 Å². The Bertz CT molecular complexity index is 326. The van der Waals surface area contributed by atoms with Crippen molar-refractivity contribution in [3.63, 3.8) is 0 Å². The van der Waals surface area contributed by atoms with Crippen LogP contribution >= 0.6 is 11.3 Å². The van der Waals surface area contributed by atoms with E-state index in [-0.39, 0.29) is 0 Å². The van der Waals surface area contributed by atoms with Gasteiger partial charge in [0.1, 0.15) is 5.51 Å². The molecule has 0 radical (unpaired) electrons. The summed E-state index contributed by atoms with van der Waals surface area (Å²) in [5.41, 5.74) is 2.29. The Hall–Kier alpha value is -0.640. The Morgan fingerprint density at radius 2 is 2.06 bits per heavy atom. The largest absolute Gasteiger partial charge is 0.357 e. The molecule has 0 aromatic carbocycles. The quantitative estimate of drug-likeness (QED) is 0.883. The molecule has 1 aliphatic carbocycles. The normalized spacial score (nSPS) is 25.8. The molecule has 1 heterocycles. The van der Waals surface area contributed by atoms with Gasteiger partial charge in [0.05, 0.1) is 0 Å². The smallest absolute Gasteiger partial charge is 0.205 e. The first-order valence-electron chi connectivity index (χ1n) is 6.64. The molecular weight excluding hydrogens is 230 g/mol. The summed E-state index contributed by atoms with van der Waals surface area (Å²) in [6.45, 7) is 7.14. The lowest BCUT2D eigenvalue weighted by molar-refractivity contribution is 0.147. The summed E-state index contributed by atoms with van der Waals surface area (Å²) < 4.78 is 0. The first-order valence-corrected chi connectivity index (χ1v) is 7.52. The molecular formula is C13H23N3S. The van der Waals surface area contributed by atoms with Gasteiger partial charge in [-0.1, -0.05) is 38.5 Å². The maximum atomic E-state index is 4.05. The molecule has 1 fully saturated rings. The summed E-state index contributed by atoms with van der Waals surface area (Å²) in [5, 5.41) is 12.4. The van der Waals surface area contributed by atoms with E-state index in [0.717, 1.165) is 11.0 Å². The van der Waals surface area contributed by atoms with E-state index < -0.39 is 0 Å². The lowest BCUT2D eigenvalue weighted by Gasteiger charge is -2.39. The van der Waals surface area contributed by atoms with Crippen molar-refractivity contribution < 1.29 is 0 Å². The van der Waals surface area contributed by atoms with Gasteiger partial charge in [-0.15, -0.1) is 10.2 Å². The zero-order valence-electron chi connectivity index (χ0n) is 11.1. The average molecular weight is 253 g/mol. The van der Waals surface area contributed by atoms with E-state index in [4.69, 9.17) is 0 Å². The molecule has 0 bridgehead atoms. The second-order valence-corrected chi connectivity index (χ2v) is 6.61. The summed E-state index contributed by atoms with van der Waals surface area (Å²) in [6.07, 6.45) is 6.52. The van der Waals surface area contributed by atoms with E-state index >= 15 is 0 Å². The van der Waals surface area contributed by atoms with Gasteiger partial charge in [-0.3, -0.25) is 0 Å². The van der Waals surface area contributed by atoms with Crippen molar-refractivity contribution in [2.75, 3.05) is 5.32 Å². The van der Waals surface area contributed by atoms with Gasteiger partial charge >= 0.3 is 0 Å². The van der Waals surface area contributed by atoms with Crippen LogP contribution in [0.3, 0.4) is 0 Å². The molecule has 1 saturated carbocycles. The Kier molecular flexibility index (Phi) is 4.02. The molecule has 1 aromatic heterocycles. The Labute approximate surface area is 108 Å².